The van der Waals surface area contributed by atoms with E-state index in [2.05, 4.69) is 10.2 Å². The van der Waals surface area contributed by atoms with Crippen molar-refractivity contribution in [1.29, 1.82) is 0 Å². The maximum absolute atomic E-state index is 10.6. The Labute approximate surface area is 90.9 Å². The van der Waals surface area contributed by atoms with Gasteiger partial charge >= 0.3 is 11.9 Å². The molecule has 0 atom stereocenters. The van der Waals surface area contributed by atoms with E-state index in [0.717, 1.165) is 11.3 Å². The molecule has 0 bridgehead atoms. The van der Waals surface area contributed by atoms with Crippen molar-refractivity contribution < 1.29 is 18.7 Å². The van der Waals surface area contributed by atoms with Crippen LogP contribution in [0.4, 0.5) is 0 Å². The molecule has 0 amide bonds. The number of aryl methyl sites for hydroxylation is 2. The molecule has 84 valence electrons. The second kappa shape index (κ2) is 3.48. The molecule has 0 saturated carbocycles. The van der Waals surface area contributed by atoms with Crippen LogP contribution in [0.15, 0.2) is 8.83 Å². The van der Waals surface area contributed by atoms with Gasteiger partial charge in [-0.3, -0.25) is 0 Å². The Morgan fingerprint density at radius 1 is 1.12 bits per heavy atom. The summed E-state index contributed by atoms with van der Waals surface area (Å²) in [5, 5.41) is 15.8. The van der Waals surface area contributed by atoms with E-state index >= 15 is 0 Å². The molecule has 0 fully saturated rings. The number of hydrogen-bond acceptors (Lipinski definition) is 5. The lowest BCUT2D eigenvalue weighted by Crippen LogP contribution is -1.95. The van der Waals surface area contributed by atoms with Gasteiger partial charge in [-0.1, -0.05) is 0 Å². The summed E-state index contributed by atoms with van der Waals surface area (Å²) in [5.74, 6) is -0.107. The molecule has 0 aliphatic rings. The van der Waals surface area contributed by atoms with E-state index in [0.29, 0.717) is 11.3 Å². The van der Waals surface area contributed by atoms with Crippen LogP contribution in [0.2, 0.25) is 0 Å². The van der Waals surface area contributed by atoms with Crippen molar-refractivity contribution in [2.75, 3.05) is 0 Å². The summed E-state index contributed by atoms with van der Waals surface area (Å²) in [6.07, 6.45) is 0. The largest absolute Gasteiger partial charge is 0.474 e. The first-order chi connectivity index (χ1) is 7.50. The number of rotatable bonds is 2. The molecular weight excluding hydrogens is 212 g/mol. The molecule has 1 N–H and O–H groups in total. The molecule has 0 saturated heterocycles. The van der Waals surface area contributed by atoms with Crippen LogP contribution in [0.5, 0.6) is 0 Å². The van der Waals surface area contributed by atoms with Crippen molar-refractivity contribution in [3.63, 3.8) is 0 Å². The van der Waals surface area contributed by atoms with Gasteiger partial charge in [0.15, 0.2) is 0 Å². The summed E-state index contributed by atoms with van der Waals surface area (Å²) >= 11 is 0. The second-order valence-corrected chi connectivity index (χ2v) is 3.43. The minimum absolute atomic E-state index is 0.171. The first kappa shape index (κ1) is 10.4. The average molecular weight is 222 g/mol. The Kier molecular flexibility index (Phi) is 2.26. The molecule has 2 aromatic rings. The molecule has 0 aliphatic heterocycles. The second-order valence-electron chi connectivity index (χ2n) is 3.43. The monoisotopic (exact) mass is 222 g/mol. The third kappa shape index (κ3) is 1.48. The van der Waals surface area contributed by atoms with Gasteiger partial charge in [0.05, 0.1) is 5.56 Å². The van der Waals surface area contributed by atoms with Gasteiger partial charge in [0.2, 0.25) is 0 Å². The van der Waals surface area contributed by atoms with E-state index in [9.17, 15) is 4.79 Å². The Morgan fingerprint density at radius 3 is 2.25 bits per heavy atom. The van der Waals surface area contributed by atoms with E-state index in [-0.39, 0.29) is 5.89 Å². The van der Waals surface area contributed by atoms with Gasteiger partial charge in [0.25, 0.3) is 5.89 Å². The van der Waals surface area contributed by atoms with Gasteiger partial charge < -0.3 is 13.9 Å². The Morgan fingerprint density at radius 2 is 1.81 bits per heavy atom. The van der Waals surface area contributed by atoms with Gasteiger partial charge in [0, 0.05) is 5.56 Å². The number of carboxylic acid groups (broad SMARTS) is 1. The Balaban J connectivity index is 2.54. The van der Waals surface area contributed by atoms with Crippen LogP contribution in [0.3, 0.4) is 0 Å². The van der Waals surface area contributed by atoms with Crippen LogP contribution in [-0.2, 0) is 0 Å². The van der Waals surface area contributed by atoms with Crippen molar-refractivity contribution in [2.45, 2.75) is 20.8 Å². The normalized spacial score (nSPS) is 10.7. The van der Waals surface area contributed by atoms with Gasteiger partial charge in [-0.05, 0) is 20.8 Å². The van der Waals surface area contributed by atoms with E-state index < -0.39 is 11.9 Å². The molecule has 0 aliphatic carbocycles. The molecule has 2 aromatic heterocycles. The Hall–Kier alpha value is -2.11. The van der Waals surface area contributed by atoms with Crippen molar-refractivity contribution >= 4 is 5.97 Å². The predicted octanol–water partition coefficient (Wildman–Crippen LogP) is 1.95. The van der Waals surface area contributed by atoms with Gasteiger partial charge in [-0.2, -0.15) is 0 Å². The van der Waals surface area contributed by atoms with Gasteiger partial charge in [-0.15, -0.1) is 10.2 Å². The minimum atomic E-state index is -1.24. The minimum Gasteiger partial charge on any atom is -0.474 e. The highest BCUT2D eigenvalue weighted by atomic mass is 16.4. The van der Waals surface area contributed by atoms with Crippen LogP contribution in [0, 0.1) is 20.8 Å². The smallest absolute Gasteiger partial charge is 0.393 e. The molecule has 6 heteroatoms. The number of aromatic nitrogens is 2. The maximum Gasteiger partial charge on any atom is 0.393 e. The summed E-state index contributed by atoms with van der Waals surface area (Å²) in [5.41, 5.74) is 1.54. The zero-order chi connectivity index (χ0) is 11.9. The van der Waals surface area contributed by atoms with Crippen molar-refractivity contribution in [3.05, 3.63) is 23.0 Å². The molecule has 6 nitrogen and oxygen atoms in total. The fourth-order valence-corrected chi connectivity index (χ4v) is 1.52. The number of carboxylic acids is 1. The SMILES string of the molecule is Cc1oc(C)c(-c2nnc(C(=O)O)o2)c1C. The molecule has 0 radical (unpaired) electrons. The third-order valence-corrected chi connectivity index (χ3v) is 2.38. The first-order valence-corrected chi connectivity index (χ1v) is 4.64. The highest BCUT2D eigenvalue weighted by Crippen LogP contribution is 2.30. The lowest BCUT2D eigenvalue weighted by molar-refractivity contribution is 0.0654. The molecule has 0 unspecified atom stereocenters. The summed E-state index contributed by atoms with van der Waals surface area (Å²) in [6.45, 7) is 5.44. The number of aromatic carboxylic acids is 1. The van der Waals surface area contributed by atoms with E-state index in [4.69, 9.17) is 13.9 Å². The number of hydrogen-bond donors (Lipinski definition) is 1. The predicted molar refractivity (Wildman–Crippen MR) is 53.2 cm³/mol. The fourth-order valence-electron chi connectivity index (χ4n) is 1.52. The molecule has 0 spiro atoms. The number of carbonyl (C=O) groups is 1. The highest BCUT2D eigenvalue weighted by Gasteiger charge is 2.20. The zero-order valence-corrected chi connectivity index (χ0v) is 9.07. The van der Waals surface area contributed by atoms with Crippen LogP contribution < -0.4 is 0 Å². The van der Waals surface area contributed by atoms with Crippen molar-refractivity contribution in [2.24, 2.45) is 0 Å². The number of nitrogens with zero attached hydrogens (tertiary/aromatic N) is 2. The van der Waals surface area contributed by atoms with E-state index in [1.807, 2.05) is 13.8 Å². The summed E-state index contributed by atoms with van der Waals surface area (Å²) in [4.78, 5) is 10.6. The molecule has 2 heterocycles. The van der Waals surface area contributed by atoms with E-state index in [1.54, 1.807) is 6.92 Å². The topological polar surface area (TPSA) is 89.4 Å². The number of furan rings is 1. The molecule has 16 heavy (non-hydrogen) atoms. The van der Waals surface area contributed by atoms with Crippen LogP contribution in [0.25, 0.3) is 11.5 Å². The summed E-state index contributed by atoms with van der Waals surface area (Å²) in [7, 11) is 0. The van der Waals surface area contributed by atoms with Crippen LogP contribution in [0.1, 0.15) is 27.8 Å². The third-order valence-electron chi connectivity index (χ3n) is 2.38. The van der Waals surface area contributed by atoms with Crippen molar-refractivity contribution in [3.8, 4) is 11.5 Å². The average Bonchev–Trinajstić information content (AvgIpc) is 2.74. The maximum atomic E-state index is 10.6. The molecule has 2 rings (SSSR count). The molecular formula is C10H10N2O4. The van der Waals surface area contributed by atoms with Crippen molar-refractivity contribution in [1.82, 2.24) is 10.2 Å². The standard InChI is InChI=1S/C10H10N2O4/c1-4-5(2)15-6(3)7(4)8-11-12-9(16-8)10(13)14/h1-3H3,(H,13,14). The van der Waals surface area contributed by atoms with Crippen LogP contribution in [-0.4, -0.2) is 21.3 Å². The quantitative estimate of drug-likeness (QED) is 0.835. The lowest BCUT2D eigenvalue weighted by atomic mass is 10.1. The van der Waals surface area contributed by atoms with E-state index in [1.165, 1.54) is 0 Å². The van der Waals surface area contributed by atoms with Gasteiger partial charge in [-0.25, -0.2) is 4.79 Å². The lowest BCUT2D eigenvalue weighted by Gasteiger charge is -1.92. The zero-order valence-electron chi connectivity index (χ0n) is 9.07. The molecule has 0 aromatic carbocycles. The first-order valence-electron chi connectivity index (χ1n) is 4.64. The van der Waals surface area contributed by atoms with Crippen LogP contribution >= 0.6 is 0 Å². The van der Waals surface area contributed by atoms with Gasteiger partial charge in [0.1, 0.15) is 11.5 Å². The Bertz CT molecular complexity index is 553. The summed E-state index contributed by atoms with van der Waals surface area (Å²) < 4.78 is 10.4. The fraction of sp³-hybridized carbons (Fsp3) is 0.300. The highest BCUT2D eigenvalue weighted by molar-refractivity contribution is 5.82. The summed E-state index contributed by atoms with van der Waals surface area (Å²) in [6, 6.07) is 0.